The number of hydrogen-bond acceptors (Lipinski definition) is 5. The van der Waals surface area contributed by atoms with Gasteiger partial charge in [0.05, 0.1) is 10.6 Å². The van der Waals surface area contributed by atoms with Crippen LogP contribution in [-0.4, -0.2) is 45.2 Å². The molecule has 1 N–H and O–H groups in total. The van der Waals surface area contributed by atoms with Crippen LogP contribution in [0.4, 0.5) is 0 Å². The van der Waals surface area contributed by atoms with Crippen LogP contribution < -0.4 is 0 Å². The Hall–Kier alpha value is -1.86. The normalized spacial score (nSPS) is 11.9. The highest BCUT2D eigenvalue weighted by molar-refractivity contribution is 8.00. The summed E-state index contributed by atoms with van der Waals surface area (Å²) in [6.07, 6.45) is 2.48. The third-order valence-electron chi connectivity index (χ3n) is 3.52. The van der Waals surface area contributed by atoms with Gasteiger partial charge in [0, 0.05) is 36.0 Å². The highest BCUT2D eigenvalue weighted by Crippen LogP contribution is 2.28. The van der Waals surface area contributed by atoms with Crippen LogP contribution in [0.5, 0.6) is 0 Å². The summed E-state index contributed by atoms with van der Waals surface area (Å²) in [4.78, 5) is 30.7. The first-order valence-electron chi connectivity index (χ1n) is 7.69. The molecule has 1 amide bonds. The fourth-order valence-electron chi connectivity index (χ4n) is 2.17. The van der Waals surface area contributed by atoms with E-state index in [-0.39, 0.29) is 5.91 Å². The number of thiazole rings is 1. The Morgan fingerprint density at radius 3 is 2.75 bits per heavy atom. The molecular formula is C17H20N2O3S2. The van der Waals surface area contributed by atoms with Crippen LogP contribution in [0.2, 0.25) is 0 Å². The van der Waals surface area contributed by atoms with Gasteiger partial charge in [0.25, 0.3) is 5.91 Å². The van der Waals surface area contributed by atoms with Gasteiger partial charge in [-0.25, -0.2) is 4.98 Å². The topological polar surface area (TPSA) is 70.5 Å². The van der Waals surface area contributed by atoms with E-state index >= 15 is 0 Å². The molecule has 0 radical (unpaired) electrons. The molecule has 0 aliphatic heterocycles. The molecule has 0 fully saturated rings. The highest BCUT2D eigenvalue weighted by atomic mass is 32.2. The monoisotopic (exact) mass is 364 g/mol. The maximum Gasteiger partial charge on any atom is 0.316 e. The quantitative estimate of drug-likeness (QED) is 0.727. The van der Waals surface area contributed by atoms with Crippen molar-refractivity contribution >= 4 is 35.0 Å². The van der Waals surface area contributed by atoms with E-state index in [4.69, 9.17) is 5.11 Å². The lowest BCUT2D eigenvalue weighted by Gasteiger charge is -2.22. The minimum atomic E-state index is -0.890. The van der Waals surface area contributed by atoms with Crippen LogP contribution in [0.25, 0.3) is 0 Å². The molecule has 1 unspecified atom stereocenters. The minimum Gasteiger partial charge on any atom is -0.480 e. The molecule has 0 spiro atoms. The van der Waals surface area contributed by atoms with Gasteiger partial charge in [0.2, 0.25) is 0 Å². The summed E-state index contributed by atoms with van der Waals surface area (Å²) in [7, 11) is 0. The number of carboxylic acid groups (broad SMARTS) is 1. The fraction of sp³-hybridized carbons (Fsp3) is 0.353. The lowest BCUT2D eigenvalue weighted by Crippen LogP contribution is -2.33. The van der Waals surface area contributed by atoms with Crippen LogP contribution >= 0.6 is 23.1 Å². The molecule has 128 valence electrons. The predicted octanol–water partition coefficient (Wildman–Crippen LogP) is 3.41. The molecule has 2 rings (SSSR count). The fourth-order valence-corrected chi connectivity index (χ4v) is 3.70. The Morgan fingerprint density at radius 1 is 1.38 bits per heavy atom. The van der Waals surface area contributed by atoms with Gasteiger partial charge in [0.1, 0.15) is 5.25 Å². The maximum atomic E-state index is 12.9. The summed E-state index contributed by atoms with van der Waals surface area (Å²) in [5, 5.41) is 11.4. The molecule has 1 heterocycles. The van der Waals surface area contributed by atoms with Gasteiger partial charge in [-0.15, -0.1) is 23.1 Å². The Morgan fingerprint density at radius 2 is 2.12 bits per heavy atom. The largest absolute Gasteiger partial charge is 0.480 e. The molecule has 0 aliphatic carbocycles. The van der Waals surface area contributed by atoms with Crippen LogP contribution in [0.15, 0.2) is 40.7 Å². The van der Waals surface area contributed by atoms with E-state index in [1.165, 1.54) is 11.8 Å². The van der Waals surface area contributed by atoms with Crippen molar-refractivity contribution in [1.29, 1.82) is 0 Å². The molecule has 0 aliphatic rings. The Kier molecular flexibility index (Phi) is 6.81. The van der Waals surface area contributed by atoms with Gasteiger partial charge >= 0.3 is 5.97 Å². The molecule has 0 bridgehead atoms. The van der Waals surface area contributed by atoms with Crippen molar-refractivity contribution in [3.63, 3.8) is 0 Å². The van der Waals surface area contributed by atoms with E-state index in [9.17, 15) is 9.59 Å². The van der Waals surface area contributed by atoms with Crippen LogP contribution in [-0.2, 0) is 11.2 Å². The van der Waals surface area contributed by atoms with Crippen LogP contribution in [0.3, 0.4) is 0 Å². The Balaban J connectivity index is 2.13. The molecule has 1 atom stereocenters. The molecule has 7 heteroatoms. The smallest absolute Gasteiger partial charge is 0.316 e. The lowest BCUT2D eigenvalue weighted by atomic mass is 10.2. The molecule has 0 saturated heterocycles. The second-order valence-corrected chi connectivity index (χ2v) is 7.52. The molecule has 24 heavy (non-hydrogen) atoms. The first-order valence-corrected chi connectivity index (χ1v) is 9.45. The Bertz CT molecular complexity index is 689. The molecular weight excluding hydrogens is 344 g/mol. The van der Waals surface area contributed by atoms with Crippen LogP contribution in [0, 0.1) is 0 Å². The predicted molar refractivity (Wildman–Crippen MR) is 96.8 cm³/mol. The lowest BCUT2D eigenvalue weighted by molar-refractivity contribution is -0.136. The zero-order valence-corrected chi connectivity index (χ0v) is 15.3. The average Bonchev–Trinajstić information content (AvgIpc) is 3.09. The van der Waals surface area contributed by atoms with Gasteiger partial charge in [-0.05, 0) is 26.0 Å². The average molecular weight is 364 g/mol. The minimum absolute atomic E-state index is 0.0743. The van der Waals surface area contributed by atoms with E-state index < -0.39 is 11.2 Å². The number of aliphatic carboxylic acids is 1. The number of carbonyl (C=O) groups excluding carboxylic acids is 1. The summed E-state index contributed by atoms with van der Waals surface area (Å²) in [5.41, 5.74) is 0.552. The van der Waals surface area contributed by atoms with Crippen molar-refractivity contribution in [3.8, 4) is 0 Å². The molecule has 1 aromatic carbocycles. The number of likely N-dealkylation sites (N-methyl/N-ethyl adjacent to an activating group) is 1. The van der Waals surface area contributed by atoms with Gasteiger partial charge in [0.15, 0.2) is 0 Å². The number of benzene rings is 1. The number of carbonyl (C=O) groups is 2. The number of thioether (sulfide) groups is 1. The second-order valence-electron chi connectivity index (χ2n) is 5.16. The highest BCUT2D eigenvalue weighted by Gasteiger charge is 2.21. The summed E-state index contributed by atoms with van der Waals surface area (Å²) >= 11 is 2.77. The van der Waals surface area contributed by atoms with Crippen molar-refractivity contribution in [1.82, 2.24) is 9.88 Å². The number of aromatic nitrogens is 1. The zero-order valence-electron chi connectivity index (χ0n) is 13.6. The standard InChI is InChI=1S/C17H20N2O3S2/c1-3-19(10-8-15-18-9-11-23-15)16(20)13-6-4-5-7-14(13)24-12(2)17(21)22/h4-7,9,11-12H,3,8,10H2,1-2H3,(H,21,22). The van der Waals surface area contributed by atoms with Gasteiger partial charge in [-0.2, -0.15) is 0 Å². The van der Waals surface area contributed by atoms with E-state index in [0.717, 1.165) is 11.4 Å². The third-order valence-corrected chi connectivity index (χ3v) is 5.52. The van der Waals surface area contributed by atoms with E-state index in [2.05, 4.69) is 4.98 Å². The second kappa shape index (κ2) is 8.84. The number of hydrogen-bond donors (Lipinski definition) is 1. The van der Waals surface area contributed by atoms with Gasteiger partial charge in [-0.1, -0.05) is 12.1 Å². The van der Waals surface area contributed by atoms with Crippen molar-refractivity contribution in [3.05, 3.63) is 46.4 Å². The van der Waals surface area contributed by atoms with Crippen molar-refractivity contribution in [2.24, 2.45) is 0 Å². The summed E-state index contributed by atoms with van der Waals surface area (Å²) < 4.78 is 0. The van der Waals surface area contributed by atoms with E-state index in [1.807, 2.05) is 18.4 Å². The first-order chi connectivity index (χ1) is 11.5. The number of carboxylic acids is 1. The summed E-state index contributed by atoms with van der Waals surface area (Å²) in [5.74, 6) is -0.965. The van der Waals surface area contributed by atoms with E-state index in [0.29, 0.717) is 23.5 Å². The van der Waals surface area contributed by atoms with Crippen LogP contribution in [0.1, 0.15) is 29.2 Å². The van der Waals surface area contributed by atoms with Crippen molar-refractivity contribution in [2.45, 2.75) is 30.4 Å². The zero-order chi connectivity index (χ0) is 17.5. The number of amides is 1. The van der Waals surface area contributed by atoms with Gasteiger partial charge < -0.3 is 10.0 Å². The Labute approximate surface area is 149 Å². The molecule has 5 nitrogen and oxygen atoms in total. The van der Waals surface area contributed by atoms with Crippen molar-refractivity contribution < 1.29 is 14.7 Å². The summed E-state index contributed by atoms with van der Waals surface area (Å²) in [6, 6.07) is 7.17. The van der Waals surface area contributed by atoms with Gasteiger partial charge in [-0.3, -0.25) is 9.59 Å². The van der Waals surface area contributed by atoms with E-state index in [1.54, 1.807) is 47.6 Å². The SMILES string of the molecule is CCN(CCc1nccs1)C(=O)c1ccccc1SC(C)C(=O)O. The number of nitrogens with zero attached hydrogens (tertiary/aromatic N) is 2. The first kappa shape index (κ1) is 18.5. The summed E-state index contributed by atoms with van der Waals surface area (Å²) in [6.45, 7) is 4.75. The molecule has 1 aromatic heterocycles. The van der Waals surface area contributed by atoms with Crippen molar-refractivity contribution in [2.75, 3.05) is 13.1 Å². The number of rotatable bonds is 8. The molecule has 0 saturated carbocycles. The maximum absolute atomic E-state index is 12.9. The molecule has 2 aromatic rings. The third kappa shape index (κ3) is 4.82.